The maximum Gasteiger partial charge on any atom is 0.324 e. The third-order valence-corrected chi connectivity index (χ3v) is 2.74. The van der Waals surface area contributed by atoms with Gasteiger partial charge in [0, 0.05) is 11.8 Å². The Labute approximate surface area is 98.7 Å². The summed E-state index contributed by atoms with van der Waals surface area (Å²) in [5.41, 5.74) is 3.96. The van der Waals surface area contributed by atoms with E-state index in [0.717, 1.165) is 16.8 Å². The number of hydrogen-bond donors (Lipinski definition) is 2. The van der Waals surface area contributed by atoms with E-state index in [1.807, 2.05) is 25.1 Å². The number of nitrogens with zero attached hydrogens (tertiary/aromatic N) is 1. The van der Waals surface area contributed by atoms with Crippen LogP contribution in [0.4, 0.5) is 16.3 Å². The van der Waals surface area contributed by atoms with Crippen LogP contribution in [0.25, 0.3) is 11.1 Å². The second kappa shape index (κ2) is 3.59. The van der Waals surface area contributed by atoms with Gasteiger partial charge in [-0.3, -0.25) is 5.32 Å². The first kappa shape index (κ1) is 9.84. The molecule has 2 N–H and O–H groups in total. The Morgan fingerprint density at radius 2 is 2.06 bits per heavy atom. The van der Waals surface area contributed by atoms with Crippen molar-refractivity contribution in [1.29, 1.82) is 0 Å². The van der Waals surface area contributed by atoms with Crippen LogP contribution in [0.5, 0.6) is 0 Å². The highest BCUT2D eigenvalue weighted by Crippen LogP contribution is 2.36. The van der Waals surface area contributed by atoms with Crippen molar-refractivity contribution in [3.63, 3.8) is 0 Å². The minimum atomic E-state index is -0.237. The van der Waals surface area contributed by atoms with E-state index in [9.17, 15) is 4.79 Å². The standard InChI is InChI=1S/C13H11N3O/c1-8-3-2-4-9(7-8)11-10-5-6-14-12(11)16-13(17)15-10/h2-7H,1H3,(H2,14,15,16,17). The van der Waals surface area contributed by atoms with Gasteiger partial charge in [0.1, 0.15) is 5.82 Å². The second-order valence-corrected chi connectivity index (χ2v) is 4.03. The first-order valence-corrected chi connectivity index (χ1v) is 5.38. The third-order valence-electron chi connectivity index (χ3n) is 2.74. The number of aryl methyl sites for hydroxylation is 1. The zero-order chi connectivity index (χ0) is 11.8. The number of aromatic nitrogens is 1. The molecule has 0 saturated carbocycles. The summed E-state index contributed by atoms with van der Waals surface area (Å²) in [6.45, 7) is 2.04. The maximum absolute atomic E-state index is 11.3. The smallest absolute Gasteiger partial charge is 0.307 e. The molecule has 0 atom stereocenters. The van der Waals surface area contributed by atoms with Crippen LogP contribution in [-0.4, -0.2) is 11.0 Å². The van der Waals surface area contributed by atoms with Crippen LogP contribution < -0.4 is 10.6 Å². The largest absolute Gasteiger partial charge is 0.324 e. The summed E-state index contributed by atoms with van der Waals surface area (Å²) < 4.78 is 0. The zero-order valence-electron chi connectivity index (χ0n) is 9.32. The SMILES string of the molecule is Cc1cccc(-c2c3ccnc2NC(=O)N3)c1. The van der Waals surface area contributed by atoms with Gasteiger partial charge in [0.05, 0.1) is 5.69 Å². The van der Waals surface area contributed by atoms with Crippen molar-refractivity contribution in [3.05, 3.63) is 42.1 Å². The molecule has 2 heterocycles. The zero-order valence-corrected chi connectivity index (χ0v) is 9.32. The molecule has 1 aliphatic heterocycles. The van der Waals surface area contributed by atoms with E-state index in [1.54, 1.807) is 12.3 Å². The number of benzene rings is 1. The molecule has 3 rings (SSSR count). The highest BCUT2D eigenvalue weighted by atomic mass is 16.2. The average molecular weight is 225 g/mol. The maximum atomic E-state index is 11.3. The first-order chi connectivity index (χ1) is 8.24. The third kappa shape index (κ3) is 1.63. The van der Waals surface area contributed by atoms with E-state index in [0.29, 0.717) is 5.82 Å². The van der Waals surface area contributed by atoms with Crippen LogP contribution in [0, 0.1) is 6.92 Å². The van der Waals surface area contributed by atoms with Gasteiger partial charge in [-0.25, -0.2) is 9.78 Å². The van der Waals surface area contributed by atoms with Gasteiger partial charge in [0.2, 0.25) is 0 Å². The lowest BCUT2D eigenvalue weighted by Crippen LogP contribution is -2.25. The van der Waals surface area contributed by atoms with Crippen molar-refractivity contribution in [2.24, 2.45) is 0 Å². The fourth-order valence-electron chi connectivity index (χ4n) is 2.01. The van der Waals surface area contributed by atoms with Crippen LogP contribution in [0.1, 0.15) is 5.56 Å². The number of rotatable bonds is 1. The molecule has 2 bridgehead atoms. The number of hydrogen-bond acceptors (Lipinski definition) is 2. The van der Waals surface area contributed by atoms with Gasteiger partial charge in [-0.1, -0.05) is 29.8 Å². The molecule has 2 amide bonds. The fraction of sp³-hybridized carbons (Fsp3) is 0.0769. The van der Waals surface area contributed by atoms with E-state index < -0.39 is 0 Å². The molecule has 4 heteroatoms. The second-order valence-electron chi connectivity index (χ2n) is 4.03. The Balaban J connectivity index is 2.21. The molecule has 0 aliphatic carbocycles. The van der Waals surface area contributed by atoms with Crippen LogP contribution in [0.2, 0.25) is 0 Å². The summed E-state index contributed by atoms with van der Waals surface area (Å²) in [6.07, 6.45) is 1.68. The summed E-state index contributed by atoms with van der Waals surface area (Å²) >= 11 is 0. The molecule has 84 valence electrons. The van der Waals surface area contributed by atoms with Crippen LogP contribution >= 0.6 is 0 Å². The van der Waals surface area contributed by atoms with Crippen molar-refractivity contribution < 1.29 is 4.79 Å². The number of carbonyl (C=O) groups excluding carboxylic acids is 1. The first-order valence-electron chi connectivity index (χ1n) is 5.38. The number of urea groups is 1. The number of nitrogens with one attached hydrogen (secondary N) is 2. The normalized spacial score (nSPS) is 12.9. The molecule has 0 radical (unpaired) electrons. The summed E-state index contributed by atoms with van der Waals surface area (Å²) in [7, 11) is 0. The molecule has 4 nitrogen and oxygen atoms in total. The predicted octanol–water partition coefficient (Wildman–Crippen LogP) is 3.01. The fourth-order valence-corrected chi connectivity index (χ4v) is 2.01. The molecule has 0 saturated heterocycles. The number of carbonyl (C=O) groups is 1. The molecule has 0 unspecified atom stereocenters. The van der Waals surface area contributed by atoms with E-state index >= 15 is 0 Å². The molecular weight excluding hydrogens is 214 g/mol. The molecule has 1 aliphatic rings. The lowest BCUT2D eigenvalue weighted by atomic mass is 10.0. The number of fused-ring (bicyclic) bond motifs is 2. The van der Waals surface area contributed by atoms with Gasteiger partial charge in [-0.05, 0) is 18.6 Å². The number of pyridine rings is 1. The molecule has 2 aromatic rings. The van der Waals surface area contributed by atoms with Crippen LogP contribution in [0.15, 0.2) is 36.5 Å². The Bertz CT molecular complexity index is 581. The Kier molecular flexibility index (Phi) is 2.08. The van der Waals surface area contributed by atoms with Crippen molar-refractivity contribution in [2.45, 2.75) is 6.92 Å². The van der Waals surface area contributed by atoms with E-state index in [-0.39, 0.29) is 6.03 Å². The molecule has 1 aromatic carbocycles. The van der Waals surface area contributed by atoms with Gasteiger partial charge in [0.25, 0.3) is 0 Å². The average Bonchev–Trinajstić information content (AvgIpc) is 2.27. The van der Waals surface area contributed by atoms with E-state index in [2.05, 4.69) is 21.7 Å². The highest BCUT2D eigenvalue weighted by molar-refractivity contribution is 6.10. The van der Waals surface area contributed by atoms with Crippen molar-refractivity contribution in [3.8, 4) is 11.1 Å². The minimum absolute atomic E-state index is 0.237. The molecule has 0 spiro atoms. The number of anilines is 2. The van der Waals surface area contributed by atoms with Gasteiger partial charge in [-0.15, -0.1) is 0 Å². The predicted molar refractivity (Wildman–Crippen MR) is 67.1 cm³/mol. The van der Waals surface area contributed by atoms with Crippen molar-refractivity contribution >= 4 is 17.5 Å². The Morgan fingerprint density at radius 1 is 1.18 bits per heavy atom. The molecule has 0 fully saturated rings. The van der Waals surface area contributed by atoms with Gasteiger partial charge in [0.15, 0.2) is 0 Å². The molecular formula is C13H11N3O. The van der Waals surface area contributed by atoms with Crippen molar-refractivity contribution in [1.82, 2.24) is 4.98 Å². The van der Waals surface area contributed by atoms with Crippen LogP contribution in [-0.2, 0) is 0 Å². The van der Waals surface area contributed by atoms with Crippen LogP contribution in [0.3, 0.4) is 0 Å². The van der Waals surface area contributed by atoms with E-state index in [1.165, 1.54) is 5.56 Å². The minimum Gasteiger partial charge on any atom is -0.307 e. The molecule has 17 heavy (non-hydrogen) atoms. The van der Waals surface area contributed by atoms with Crippen molar-refractivity contribution in [2.75, 3.05) is 10.6 Å². The summed E-state index contributed by atoms with van der Waals surface area (Å²) in [5.74, 6) is 0.608. The van der Waals surface area contributed by atoms with Gasteiger partial charge in [-0.2, -0.15) is 0 Å². The lowest BCUT2D eigenvalue weighted by molar-refractivity contribution is 0.262. The Morgan fingerprint density at radius 3 is 2.82 bits per heavy atom. The topological polar surface area (TPSA) is 54.0 Å². The quantitative estimate of drug-likeness (QED) is 0.783. The summed E-state index contributed by atoms with van der Waals surface area (Å²) in [5, 5.41) is 5.48. The summed E-state index contributed by atoms with van der Waals surface area (Å²) in [6, 6.07) is 9.68. The Hall–Kier alpha value is -2.36. The van der Waals surface area contributed by atoms with Gasteiger partial charge >= 0.3 is 6.03 Å². The van der Waals surface area contributed by atoms with Gasteiger partial charge < -0.3 is 5.32 Å². The molecule has 1 aromatic heterocycles. The highest BCUT2D eigenvalue weighted by Gasteiger charge is 2.20. The summed E-state index contributed by atoms with van der Waals surface area (Å²) in [4.78, 5) is 15.5. The van der Waals surface area contributed by atoms with E-state index in [4.69, 9.17) is 0 Å². The lowest BCUT2D eigenvalue weighted by Gasteiger charge is -2.20. The monoisotopic (exact) mass is 225 g/mol. The number of amides is 2.